The van der Waals surface area contributed by atoms with Gasteiger partial charge in [-0.15, -0.1) is 0 Å². The highest BCUT2D eigenvalue weighted by Gasteiger charge is 2.07. The molecule has 0 aliphatic carbocycles. The number of benzene rings is 1. The van der Waals surface area contributed by atoms with E-state index in [1.54, 1.807) is 6.07 Å². The Bertz CT molecular complexity index is 336. The fourth-order valence-electron chi connectivity index (χ4n) is 1.40. The van der Waals surface area contributed by atoms with Crippen molar-refractivity contribution in [3.05, 3.63) is 28.2 Å². The monoisotopic (exact) mass is 270 g/mol. The summed E-state index contributed by atoms with van der Waals surface area (Å²) in [5.41, 5.74) is 0.590. The van der Waals surface area contributed by atoms with Gasteiger partial charge in [-0.25, -0.2) is 0 Å². The van der Waals surface area contributed by atoms with E-state index < -0.39 is 0 Å². The van der Waals surface area contributed by atoms with E-state index in [0.717, 1.165) is 23.6 Å². The number of rotatable bonds is 5. The number of halogens is 1. The fraction of sp³-hybridized carbons (Fsp3) is 0.417. The van der Waals surface area contributed by atoms with E-state index in [2.05, 4.69) is 22.9 Å². The van der Waals surface area contributed by atoms with Crippen LogP contribution in [0.15, 0.2) is 22.7 Å². The molecule has 15 heavy (non-hydrogen) atoms. The third-order valence-electron chi connectivity index (χ3n) is 2.12. The lowest BCUT2D eigenvalue weighted by Gasteiger charge is -2.15. The predicted molar refractivity (Wildman–Crippen MR) is 64.5 cm³/mol. The molecule has 82 valence electrons. The zero-order valence-electron chi connectivity index (χ0n) is 9.00. The molecule has 0 N–H and O–H groups in total. The van der Waals surface area contributed by atoms with E-state index in [4.69, 9.17) is 4.74 Å². The van der Waals surface area contributed by atoms with Gasteiger partial charge >= 0.3 is 0 Å². The zero-order valence-corrected chi connectivity index (χ0v) is 10.6. The molecule has 3 heteroatoms. The third-order valence-corrected chi connectivity index (χ3v) is 2.62. The summed E-state index contributed by atoms with van der Waals surface area (Å²) in [6.07, 6.45) is 3.04. The molecule has 0 saturated heterocycles. The molecule has 1 atom stereocenters. The van der Waals surface area contributed by atoms with Crippen LogP contribution in [0.2, 0.25) is 0 Å². The summed E-state index contributed by atoms with van der Waals surface area (Å²) in [4.78, 5) is 10.8. The van der Waals surface area contributed by atoms with Crippen LogP contribution in [-0.2, 0) is 0 Å². The van der Waals surface area contributed by atoms with Gasteiger partial charge in [0.25, 0.3) is 0 Å². The van der Waals surface area contributed by atoms with Crippen LogP contribution in [0.25, 0.3) is 0 Å². The molecule has 1 aromatic rings. The molecule has 0 radical (unpaired) electrons. The minimum Gasteiger partial charge on any atom is -0.490 e. The molecule has 0 saturated carbocycles. The van der Waals surface area contributed by atoms with Crippen LogP contribution in [0.1, 0.15) is 37.0 Å². The number of carbonyl (C=O) groups is 1. The van der Waals surface area contributed by atoms with Crippen LogP contribution in [0, 0.1) is 0 Å². The molecular weight excluding hydrogens is 256 g/mol. The molecule has 1 aromatic carbocycles. The van der Waals surface area contributed by atoms with Gasteiger partial charge in [0, 0.05) is 4.47 Å². The SMILES string of the molecule is CCCC(C)Oc1ccc(Br)cc1C=O. The lowest BCUT2D eigenvalue weighted by Crippen LogP contribution is -2.12. The first-order chi connectivity index (χ1) is 7.17. The number of carbonyl (C=O) groups excluding carboxylic acids is 1. The van der Waals surface area contributed by atoms with Gasteiger partial charge in [-0.05, 0) is 31.5 Å². The Morgan fingerprint density at radius 3 is 2.87 bits per heavy atom. The highest BCUT2D eigenvalue weighted by molar-refractivity contribution is 9.10. The van der Waals surface area contributed by atoms with E-state index in [1.165, 1.54) is 0 Å². The Morgan fingerprint density at radius 1 is 1.53 bits per heavy atom. The summed E-state index contributed by atoms with van der Waals surface area (Å²) in [7, 11) is 0. The van der Waals surface area contributed by atoms with Crippen molar-refractivity contribution in [2.24, 2.45) is 0 Å². The van der Waals surface area contributed by atoms with Crippen molar-refractivity contribution in [2.75, 3.05) is 0 Å². The van der Waals surface area contributed by atoms with Crippen LogP contribution in [0.4, 0.5) is 0 Å². The maximum atomic E-state index is 10.8. The van der Waals surface area contributed by atoms with Gasteiger partial charge in [0.1, 0.15) is 5.75 Å². The predicted octanol–water partition coefficient (Wildman–Crippen LogP) is 3.83. The molecule has 0 bridgehead atoms. The maximum absolute atomic E-state index is 10.8. The Kier molecular flexibility index (Phi) is 4.82. The summed E-state index contributed by atoms with van der Waals surface area (Å²) >= 11 is 3.32. The maximum Gasteiger partial charge on any atom is 0.153 e. The fourth-order valence-corrected chi connectivity index (χ4v) is 1.78. The molecule has 0 aromatic heterocycles. The van der Waals surface area contributed by atoms with E-state index in [1.807, 2.05) is 19.1 Å². The van der Waals surface area contributed by atoms with Crippen molar-refractivity contribution >= 4 is 22.2 Å². The van der Waals surface area contributed by atoms with Crippen LogP contribution in [-0.4, -0.2) is 12.4 Å². The summed E-state index contributed by atoms with van der Waals surface area (Å²) in [5.74, 6) is 0.661. The van der Waals surface area contributed by atoms with E-state index in [0.29, 0.717) is 11.3 Å². The minimum absolute atomic E-state index is 0.148. The lowest BCUT2D eigenvalue weighted by molar-refractivity contribution is 0.111. The highest BCUT2D eigenvalue weighted by Crippen LogP contribution is 2.23. The zero-order chi connectivity index (χ0) is 11.3. The first-order valence-electron chi connectivity index (χ1n) is 5.08. The van der Waals surface area contributed by atoms with Gasteiger partial charge in [0.05, 0.1) is 11.7 Å². The third kappa shape index (κ3) is 3.67. The molecule has 0 aliphatic rings. The van der Waals surface area contributed by atoms with Crippen molar-refractivity contribution in [1.82, 2.24) is 0 Å². The molecule has 0 amide bonds. The molecule has 0 heterocycles. The summed E-state index contributed by atoms with van der Waals surface area (Å²) in [6, 6.07) is 5.46. The summed E-state index contributed by atoms with van der Waals surface area (Å²) in [5, 5.41) is 0. The molecule has 0 fully saturated rings. The quantitative estimate of drug-likeness (QED) is 0.761. The van der Waals surface area contributed by atoms with E-state index in [9.17, 15) is 4.79 Å². The normalized spacial score (nSPS) is 12.2. The second-order valence-corrected chi connectivity index (χ2v) is 4.43. The van der Waals surface area contributed by atoms with Crippen molar-refractivity contribution in [3.63, 3.8) is 0 Å². The number of ether oxygens (including phenoxy) is 1. The Labute approximate surface area is 98.8 Å². The second-order valence-electron chi connectivity index (χ2n) is 3.52. The van der Waals surface area contributed by atoms with Gasteiger partial charge < -0.3 is 4.74 Å². The number of aldehydes is 1. The van der Waals surface area contributed by atoms with E-state index >= 15 is 0 Å². The molecular formula is C12H15BrO2. The smallest absolute Gasteiger partial charge is 0.153 e. The molecule has 1 unspecified atom stereocenters. The van der Waals surface area contributed by atoms with E-state index in [-0.39, 0.29) is 6.10 Å². The first-order valence-corrected chi connectivity index (χ1v) is 5.88. The minimum atomic E-state index is 0.148. The number of hydrogen-bond acceptors (Lipinski definition) is 2. The average Bonchev–Trinajstić information content (AvgIpc) is 2.21. The van der Waals surface area contributed by atoms with Gasteiger partial charge in [-0.2, -0.15) is 0 Å². The Morgan fingerprint density at radius 2 is 2.27 bits per heavy atom. The van der Waals surface area contributed by atoms with Crippen LogP contribution in [0.3, 0.4) is 0 Å². The van der Waals surface area contributed by atoms with Crippen molar-refractivity contribution in [3.8, 4) is 5.75 Å². The van der Waals surface area contributed by atoms with Gasteiger partial charge in [-0.3, -0.25) is 4.79 Å². The number of hydrogen-bond donors (Lipinski definition) is 0. The van der Waals surface area contributed by atoms with Crippen molar-refractivity contribution in [2.45, 2.75) is 32.8 Å². The van der Waals surface area contributed by atoms with Crippen molar-refractivity contribution < 1.29 is 9.53 Å². The molecule has 2 nitrogen and oxygen atoms in total. The second kappa shape index (κ2) is 5.91. The Hall–Kier alpha value is -0.830. The van der Waals surface area contributed by atoms with Crippen LogP contribution in [0.5, 0.6) is 5.75 Å². The molecule has 0 aliphatic heterocycles. The van der Waals surface area contributed by atoms with Crippen LogP contribution >= 0.6 is 15.9 Å². The summed E-state index contributed by atoms with van der Waals surface area (Å²) in [6.45, 7) is 4.13. The largest absolute Gasteiger partial charge is 0.490 e. The van der Waals surface area contributed by atoms with Crippen LogP contribution < -0.4 is 4.74 Å². The molecule has 0 spiro atoms. The summed E-state index contributed by atoms with van der Waals surface area (Å²) < 4.78 is 6.57. The first kappa shape index (κ1) is 12.2. The van der Waals surface area contributed by atoms with Gasteiger partial charge in [0.15, 0.2) is 6.29 Å². The van der Waals surface area contributed by atoms with Gasteiger partial charge in [-0.1, -0.05) is 29.3 Å². The van der Waals surface area contributed by atoms with Crippen molar-refractivity contribution in [1.29, 1.82) is 0 Å². The standard InChI is InChI=1S/C12H15BrO2/c1-3-4-9(2)15-12-6-5-11(13)7-10(12)8-14/h5-9H,3-4H2,1-2H3. The van der Waals surface area contributed by atoms with Gasteiger partial charge in [0.2, 0.25) is 0 Å². The topological polar surface area (TPSA) is 26.3 Å². The lowest BCUT2D eigenvalue weighted by atomic mass is 10.2. The average molecular weight is 271 g/mol. The highest BCUT2D eigenvalue weighted by atomic mass is 79.9. The Balaban J connectivity index is 2.80. The molecule has 1 rings (SSSR count).